The summed E-state index contributed by atoms with van der Waals surface area (Å²) in [6, 6.07) is 1.32. The first-order valence-electron chi connectivity index (χ1n) is 6.04. The summed E-state index contributed by atoms with van der Waals surface area (Å²) in [4.78, 5) is 0. The normalized spacial score (nSPS) is 23.1. The molecule has 0 aromatic rings. The van der Waals surface area contributed by atoms with Gasteiger partial charge >= 0.3 is 0 Å². The van der Waals surface area contributed by atoms with Crippen molar-refractivity contribution in [1.82, 2.24) is 0 Å². The SMILES string of the molecule is C[Si](C)(C)CC1=CCCC1O[Si](C)(C)C. The van der Waals surface area contributed by atoms with E-state index in [0.717, 1.165) is 0 Å². The number of hydrogen-bond donors (Lipinski definition) is 0. The molecule has 0 heterocycles. The second-order valence-corrected chi connectivity index (χ2v) is 16.7. The van der Waals surface area contributed by atoms with Gasteiger partial charge in [-0.25, -0.2) is 0 Å². The first-order chi connectivity index (χ1) is 6.67. The minimum absolute atomic E-state index is 0.461. The Kier molecular flexibility index (Phi) is 4.01. The van der Waals surface area contributed by atoms with Gasteiger partial charge in [-0.1, -0.05) is 25.7 Å². The molecule has 0 aromatic carbocycles. The van der Waals surface area contributed by atoms with Gasteiger partial charge in [0.15, 0.2) is 8.32 Å². The van der Waals surface area contributed by atoms with Crippen LogP contribution in [-0.2, 0) is 4.43 Å². The highest BCUT2D eigenvalue weighted by molar-refractivity contribution is 6.76. The van der Waals surface area contributed by atoms with Crippen LogP contribution >= 0.6 is 0 Å². The van der Waals surface area contributed by atoms with Crippen molar-refractivity contribution in [3.8, 4) is 0 Å². The minimum Gasteiger partial charge on any atom is -0.411 e. The third-order valence-corrected chi connectivity index (χ3v) is 4.94. The van der Waals surface area contributed by atoms with Crippen molar-refractivity contribution in [2.45, 2.75) is 64.3 Å². The molecule has 0 fully saturated rings. The van der Waals surface area contributed by atoms with Crippen molar-refractivity contribution in [3.05, 3.63) is 11.6 Å². The Morgan fingerprint density at radius 1 is 1.20 bits per heavy atom. The van der Waals surface area contributed by atoms with Crippen molar-refractivity contribution in [2.75, 3.05) is 0 Å². The van der Waals surface area contributed by atoms with Crippen LogP contribution in [0, 0.1) is 0 Å². The van der Waals surface area contributed by atoms with Gasteiger partial charge in [0.1, 0.15) is 0 Å². The smallest absolute Gasteiger partial charge is 0.184 e. The Morgan fingerprint density at radius 3 is 2.27 bits per heavy atom. The van der Waals surface area contributed by atoms with Crippen LogP contribution in [0.15, 0.2) is 11.6 Å². The molecule has 0 aliphatic heterocycles. The second-order valence-electron chi connectivity index (χ2n) is 6.81. The van der Waals surface area contributed by atoms with E-state index >= 15 is 0 Å². The Labute approximate surface area is 97.1 Å². The van der Waals surface area contributed by atoms with Crippen LogP contribution in [0.3, 0.4) is 0 Å². The average molecular weight is 243 g/mol. The molecule has 0 saturated carbocycles. The quantitative estimate of drug-likeness (QED) is 0.528. The summed E-state index contributed by atoms with van der Waals surface area (Å²) in [6.45, 7) is 14.2. The molecule has 0 bridgehead atoms. The zero-order valence-electron chi connectivity index (χ0n) is 11.2. The molecule has 0 amide bonds. The van der Waals surface area contributed by atoms with Crippen molar-refractivity contribution >= 4 is 16.4 Å². The molecule has 1 unspecified atom stereocenters. The first kappa shape index (κ1) is 13.2. The highest BCUT2D eigenvalue weighted by Gasteiger charge is 2.29. The summed E-state index contributed by atoms with van der Waals surface area (Å²) in [7, 11) is -2.34. The van der Waals surface area contributed by atoms with E-state index in [2.05, 4.69) is 45.4 Å². The van der Waals surface area contributed by atoms with E-state index in [1.807, 2.05) is 0 Å². The summed E-state index contributed by atoms with van der Waals surface area (Å²) >= 11 is 0. The molecule has 0 saturated heterocycles. The van der Waals surface area contributed by atoms with Gasteiger partial charge < -0.3 is 4.43 Å². The van der Waals surface area contributed by atoms with E-state index in [1.54, 1.807) is 5.57 Å². The van der Waals surface area contributed by atoms with Gasteiger partial charge in [-0.05, 0) is 44.1 Å². The van der Waals surface area contributed by atoms with Gasteiger partial charge in [-0.3, -0.25) is 0 Å². The molecular weight excluding hydrogens is 216 g/mol. The maximum Gasteiger partial charge on any atom is 0.184 e. The Morgan fingerprint density at radius 2 is 1.80 bits per heavy atom. The van der Waals surface area contributed by atoms with E-state index in [0.29, 0.717) is 6.10 Å². The fourth-order valence-corrected chi connectivity index (χ4v) is 4.82. The van der Waals surface area contributed by atoms with Crippen LogP contribution in [0.5, 0.6) is 0 Å². The van der Waals surface area contributed by atoms with E-state index in [-0.39, 0.29) is 0 Å². The number of rotatable bonds is 4. The Bertz CT molecular complexity index is 245. The molecule has 1 nitrogen and oxygen atoms in total. The maximum absolute atomic E-state index is 6.25. The molecule has 1 aliphatic rings. The fraction of sp³-hybridized carbons (Fsp3) is 0.833. The molecule has 1 atom stereocenters. The van der Waals surface area contributed by atoms with Crippen LogP contribution in [0.2, 0.25) is 45.3 Å². The van der Waals surface area contributed by atoms with Crippen molar-refractivity contribution < 1.29 is 4.43 Å². The summed E-state index contributed by atoms with van der Waals surface area (Å²) in [5.74, 6) is 0. The predicted octanol–water partition coefficient (Wildman–Crippen LogP) is 4.26. The molecular formula is C12H26OSi2. The van der Waals surface area contributed by atoms with Gasteiger partial charge in [0.2, 0.25) is 0 Å². The number of hydrogen-bond acceptors (Lipinski definition) is 1. The lowest BCUT2D eigenvalue weighted by molar-refractivity contribution is 0.230. The van der Waals surface area contributed by atoms with E-state index in [4.69, 9.17) is 4.43 Å². The molecule has 0 N–H and O–H groups in total. The maximum atomic E-state index is 6.25. The van der Waals surface area contributed by atoms with Crippen LogP contribution in [-0.4, -0.2) is 22.5 Å². The summed E-state index contributed by atoms with van der Waals surface area (Å²) in [6.07, 6.45) is 5.35. The van der Waals surface area contributed by atoms with E-state index < -0.39 is 16.4 Å². The van der Waals surface area contributed by atoms with Crippen LogP contribution in [0.4, 0.5) is 0 Å². The van der Waals surface area contributed by atoms with Crippen LogP contribution in [0.1, 0.15) is 12.8 Å². The number of allylic oxidation sites excluding steroid dienone is 1. The van der Waals surface area contributed by atoms with Gasteiger partial charge in [-0.2, -0.15) is 0 Å². The molecule has 0 aromatic heterocycles. The first-order valence-corrected chi connectivity index (χ1v) is 13.2. The molecule has 1 rings (SSSR count). The second kappa shape index (κ2) is 4.56. The highest BCUT2D eigenvalue weighted by Crippen LogP contribution is 2.31. The van der Waals surface area contributed by atoms with Gasteiger partial charge in [0.25, 0.3) is 0 Å². The fourth-order valence-electron chi connectivity index (χ4n) is 2.10. The zero-order chi connectivity index (χ0) is 11.7. The van der Waals surface area contributed by atoms with E-state index in [9.17, 15) is 0 Å². The zero-order valence-corrected chi connectivity index (χ0v) is 13.2. The third-order valence-electron chi connectivity index (χ3n) is 2.48. The van der Waals surface area contributed by atoms with E-state index in [1.165, 1.54) is 18.9 Å². The topological polar surface area (TPSA) is 9.23 Å². The molecule has 88 valence electrons. The van der Waals surface area contributed by atoms with Gasteiger partial charge in [0, 0.05) is 8.07 Å². The Balaban J connectivity index is 2.57. The lowest BCUT2D eigenvalue weighted by atomic mass is 10.2. The lowest BCUT2D eigenvalue weighted by Gasteiger charge is -2.28. The molecule has 15 heavy (non-hydrogen) atoms. The van der Waals surface area contributed by atoms with Crippen LogP contribution in [0.25, 0.3) is 0 Å². The minimum atomic E-state index is -1.36. The van der Waals surface area contributed by atoms with Crippen molar-refractivity contribution in [3.63, 3.8) is 0 Å². The standard InChI is InChI=1S/C12H26OSi2/c1-14(2,3)10-11-8-7-9-12(11)13-15(4,5)6/h8,12H,7,9-10H2,1-6H3. The van der Waals surface area contributed by atoms with Gasteiger partial charge in [0.05, 0.1) is 6.10 Å². The largest absolute Gasteiger partial charge is 0.411 e. The molecule has 0 radical (unpaired) electrons. The van der Waals surface area contributed by atoms with Crippen molar-refractivity contribution in [2.24, 2.45) is 0 Å². The van der Waals surface area contributed by atoms with Crippen molar-refractivity contribution in [1.29, 1.82) is 0 Å². The monoisotopic (exact) mass is 242 g/mol. The predicted molar refractivity (Wildman–Crippen MR) is 73.7 cm³/mol. The summed E-state index contributed by atoms with van der Waals surface area (Å²) in [5.41, 5.74) is 1.61. The highest BCUT2D eigenvalue weighted by atomic mass is 28.4. The average Bonchev–Trinajstić information content (AvgIpc) is 2.29. The summed E-state index contributed by atoms with van der Waals surface area (Å²) < 4.78 is 6.25. The lowest BCUT2D eigenvalue weighted by Crippen LogP contribution is -2.33. The van der Waals surface area contributed by atoms with Crippen LogP contribution < -0.4 is 0 Å². The molecule has 1 aliphatic carbocycles. The van der Waals surface area contributed by atoms with Gasteiger partial charge in [-0.15, -0.1) is 0 Å². The molecule has 0 spiro atoms. The summed E-state index contributed by atoms with van der Waals surface area (Å²) in [5, 5.41) is 0. The third kappa shape index (κ3) is 5.13. The Hall–Kier alpha value is 0.134. The molecule has 3 heteroatoms.